The van der Waals surface area contributed by atoms with Crippen molar-refractivity contribution >= 4 is 39.3 Å². The van der Waals surface area contributed by atoms with Crippen LogP contribution in [0, 0.1) is 17.6 Å². The number of piperidine rings is 1. The van der Waals surface area contributed by atoms with Crippen LogP contribution in [-0.2, 0) is 19.6 Å². The van der Waals surface area contributed by atoms with E-state index in [0.717, 1.165) is 21.3 Å². The maximum Gasteiger partial charge on any atom is 0.244 e. The van der Waals surface area contributed by atoms with E-state index in [0.29, 0.717) is 11.8 Å². The van der Waals surface area contributed by atoms with Gasteiger partial charge in [0.2, 0.25) is 21.8 Å². The van der Waals surface area contributed by atoms with E-state index >= 15 is 0 Å². The summed E-state index contributed by atoms with van der Waals surface area (Å²) < 4.78 is 53.2. The molecule has 0 aromatic heterocycles. The van der Waals surface area contributed by atoms with E-state index < -0.39 is 27.6 Å². The molecule has 11 heteroatoms. The van der Waals surface area contributed by atoms with Crippen LogP contribution in [0.4, 0.5) is 14.5 Å². The molecule has 0 spiro atoms. The highest BCUT2D eigenvalue weighted by Crippen LogP contribution is 2.27. The monoisotopic (exact) mass is 497 g/mol. The number of thioether (sulfide) groups is 1. The molecule has 1 heterocycles. The molecule has 2 aromatic rings. The maximum absolute atomic E-state index is 13.5. The minimum absolute atomic E-state index is 0.0683. The number of carbonyl (C=O) groups is 2. The first-order valence-electron chi connectivity index (χ1n) is 10.3. The molecule has 3 rings (SSSR count). The molecule has 0 atom stereocenters. The topological polar surface area (TPSA) is 86.8 Å². The van der Waals surface area contributed by atoms with Crippen molar-refractivity contribution in [3.8, 4) is 0 Å². The standard InChI is InChI=1S/C22H25F2N3O4S2/c1-26(14-21(28)25-19-5-3-4-6-20(19)32-2)22(29)15-9-11-27(12-10-15)33(30,31)16-7-8-17(23)18(24)13-16/h3-8,13,15H,9-12,14H2,1-2H3,(H,25,28). The Morgan fingerprint density at radius 3 is 2.42 bits per heavy atom. The zero-order valence-electron chi connectivity index (χ0n) is 18.3. The molecule has 0 bridgehead atoms. The molecule has 178 valence electrons. The molecule has 33 heavy (non-hydrogen) atoms. The van der Waals surface area contributed by atoms with Gasteiger partial charge in [-0.1, -0.05) is 12.1 Å². The summed E-state index contributed by atoms with van der Waals surface area (Å²) in [5, 5.41) is 2.81. The Hall–Kier alpha value is -2.50. The molecule has 1 aliphatic rings. The Balaban J connectivity index is 1.56. The van der Waals surface area contributed by atoms with E-state index in [1.807, 2.05) is 24.5 Å². The minimum Gasteiger partial charge on any atom is -0.336 e. The number of anilines is 1. The van der Waals surface area contributed by atoms with Crippen LogP contribution in [-0.4, -0.2) is 62.4 Å². The number of amides is 2. The smallest absolute Gasteiger partial charge is 0.244 e. The first-order chi connectivity index (χ1) is 15.6. The molecule has 1 saturated heterocycles. The lowest BCUT2D eigenvalue weighted by atomic mass is 9.96. The number of hydrogen-bond acceptors (Lipinski definition) is 5. The number of nitrogens with zero attached hydrogens (tertiary/aromatic N) is 2. The van der Waals surface area contributed by atoms with E-state index in [1.54, 1.807) is 6.07 Å². The number of hydrogen-bond donors (Lipinski definition) is 1. The van der Waals surface area contributed by atoms with Gasteiger partial charge in [-0.15, -0.1) is 11.8 Å². The van der Waals surface area contributed by atoms with Gasteiger partial charge in [-0.3, -0.25) is 9.59 Å². The number of rotatable bonds is 7. The van der Waals surface area contributed by atoms with Crippen molar-refractivity contribution in [3.05, 3.63) is 54.1 Å². The molecule has 0 radical (unpaired) electrons. The van der Waals surface area contributed by atoms with Crippen molar-refractivity contribution in [2.45, 2.75) is 22.6 Å². The lowest BCUT2D eigenvalue weighted by molar-refractivity contribution is -0.138. The second-order valence-electron chi connectivity index (χ2n) is 7.70. The van der Waals surface area contributed by atoms with Gasteiger partial charge in [0, 0.05) is 31.0 Å². The number of nitrogens with one attached hydrogen (secondary N) is 1. The summed E-state index contributed by atoms with van der Waals surface area (Å²) in [4.78, 5) is 27.1. The van der Waals surface area contributed by atoms with Crippen molar-refractivity contribution < 1.29 is 26.8 Å². The SMILES string of the molecule is CSc1ccccc1NC(=O)CN(C)C(=O)C1CCN(S(=O)(=O)c2ccc(F)c(F)c2)CC1. The lowest BCUT2D eigenvalue weighted by Crippen LogP contribution is -2.45. The van der Waals surface area contributed by atoms with Gasteiger partial charge in [0.15, 0.2) is 11.6 Å². The first kappa shape index (κ1) is 25.1. The van der Waals surface area contributed by atoms with E-state index in [1.165, 1.54) is 23.7 Å². The highest BCUT2D eigenvalue weighted by Gasteiger charge is 2.33. The second-order valence-corrected chi connectivity index (χ2v) is 10.5. The molecule has 0 aliphatic carbocycles. The Kier molecular flexibility index (Phi) is 8.09. The normalized spacial score (nSPS) is 15.3. The quantitative estimate of drug-likeness (QED) is 0.594. The molecule has 0 saturated carbocycles. The predicted octanol–water partition coefficient (Wildman–Crippen LogP) is 3.18. The zero-order valence-corrected chi connectivity index (χ0v) is 19.9. The second kappa shape index (κ2) is 10.6. The number of benzene rings is 2. The molecule has 1 aliphatic heterocycles. The van der Waals surface area contributed by atoms with Gasteiger partial charge < -0.3 is 10.2 Å². The van der Waals surface area contributed by atoms with E-state index in [4.69, 9.17) is 0 Å². The molecule has 2 amide bonds. The predicted molar refractivity (Wildman–Crippen MR) is 122 cm³/mol. The molecule has 1 fully saturated rings. The third-order valence-corrected chi connectivity index (χ3v) is 8.16. The van der Waals surface area contributed by atoms with E-state index in [9.17, 15) is 26.8 Å². The summed E-state index contributed by atoms with van der Waals surface area (Å²) in [5.41, 5.74) is 0.673. The number of sulfonamides is 1. The molecular weight excluding hydrogens is 472 g/mol. The van der Waals surface area contributed by atoms with Crippen LogP contribution in [0.3, 0.4) is 0 Å². The number of carbonyl (C=O) groups excluding carboxylic acids is 2. The van der Waals surface area contributed by atoms with Gasteiger partial charge in [-0.05, 0) is 49.4 Å². The first-order valence-corrected chi connectivity index (χ1v) is 12.9. The summed E-state index contributed by atoms with van der Waals surface area (Å²) in [7, 11) is -2.46. The van der Waals surface area contributed by atoms with Gasteiger partial charge in [0.1, 0.15) is 0 Å². The van der Waals surface area contributed by atoms with Crippen LogP contribution in [0.25, 0.3) is 0 Å². The minimum atomic E-state index is -4.00. The Morgan fingerprint density at radius 1 is 1.12 bits per heavy atom. The van der Waals surface area contributed by atoms with E-state index in [-0.39, 0.29) is 49.2 Å². The van der Waals surface area contributed by atoms with Crippen molar-refractivity contribution in [2.24, 2.45) is 5.92 Å². The van der Waals surface area contributed by atoms with Crippen LogP contribution >= 0.6 is 11.8 Å². The van der Waals surface area contributed by atoms with Crippen LogP contribution in [0.2, 0.25) is 0 Å². The highest BCUT2D eigenvalue weighted by atomic mass is 32.2. The molecule has 7 nitrogen and oxygen atoms in total. The number of halogens is 2. The Bertz CT molecular complexity index is 1140. The summed E-state index contributed by atoms with van der Waals surface area (Å²) in [6.45, 7) is 0.00661. The Labute approximate surface area is 196 Å². The van der Waals surface area contributed by atoms with Crippen molar-refractivity contribution in [2.75, 3.05) is 38.3 Å². The largest absolute Gasteiger partial charge is 0.336 e. The van der Waals surface area contributed by atoms with Crippen LogP contribution in [0.15, 0.2) is 52.3 Å². The number of likely N-dealkylation sites (N-methyl/N-ethyl adjacent to an activating group) is 1. The van der Waals surface area contributed by atoms with Gasteiger partial charge >= 0.3 is 0 Å². The van der Waals surface area contributed by atoms with Gasteiger partial charge in [0.05, 0.1) is 17.1 Å². The van der Waals surface area contributed by atoms with Crippen LogP contribution < -0.4 is 5.32 Å². The summed E-state index contributed by atoms with van der Waals surface area (Å²) >= 11 is 1.50. The third kappa shape index (κ3) is 5.90. The van der Waals surface area contributed by atoms with Gasteiger partial charge in [0.25, 0.3) is 0 Å². The van der Waals surface area contributed by atoms with Crippen molar-refractivity contribution in [1.82, 2.24) is 9.21 Å². The van der Waals surface area contributed by atoms with Gasteiger partial charge in [-0.25, -0.2) is 17.2 Å². The average Bonchev–Trinajstić information content (AvgIpc) is 2.80. The fraction of sp³-hybridized carbons (Fsp3) is 0.364. The van der Waals surface area contributed by atoms with Crippen molar-refractivity contribution in [3.63, 3.8) is 0 Å². The highest BCUT2D eigenvalue weighted by molar-refractivity contribution is 7.98. The van der Waals surface area contributed by atoms with Crippen molar-refractivity contribution in [1.29, 1.82) is 0 Å². The Morgan fingerprint density at radius 2 is 1.79 bits per heavy atom. The number of para-hydroxylation sites is 1. The summed E-state index contributed by atoms with van der Waals surface area (Å²) in [6, 6.07) is 9.81. The fourth-order valence-corrected chi connectivity index (χ4v) is 5.71. The zero-order chi connectivity index (χ0) is 24.2. The maximum atomic E-state index is 13.5. The van der Waals surface area contributed by atoms with Crippen LogP contribution in [0.5, 0.6) is 0 Å². The van der Waals surface area contributed by atoms with E-state index in [2.05, 4.69) is 5.32 Å². The summed E-state index contributed by atoms with van der Waals surface area (Å²) in [5.74, 6) is -3.36. The van der Waals surface area contributed by atoms with Gasteiger partial charge in [-0.2, -0.15) is 4.31 Å². The summed E-state index contributed by atoms with van der Waals surface area (Å²) in [6.07, 6.45) is 2.44. The lowest BCUT2D eigenvalue weighted by Gasteiger charge is -2.32. The molecular formula is C22H25F2N3O4S2. The molecule has 0 unspecified atom stereocenters. The molecule has 2 aromatic carbocycles. The average molecular weight is 498 g/mol. The molecule has 1 N–H and O–H groups in total. The fourth-order valence-electron chi connectivity index (χ4n) is 3.67. The van der Waals surface area contributed by atoms with Crippen LogP contribution in [0.1, 0.15) is 12.8 Å². The third-order valence-electron chi connectivity index (χ3n) is 5.47.